The van der Waals surface area contributed by atoms with Crippen molar-refractivity contribution in [3.8, 4) is 0 Å². The topological polar surface area (TPSA) is 40.6 Å². The standard InChI is InChI=1S/C17H20N2O2/c20-16-15-10-12-6-4-5-7-13(12)11-18(15)17(21)19(16)14-8-2-1-3-9-14/h4-7,14-15H,1-3,8-11H2/t15-/m0/s1. The van der Waals surface area contributed by atoms with Gasteiger partial charge in [-0.3, -0.25) is 9.69 Å². The molecule has 4 nitrogen and oxygen atoms in total. The Balaban J connectivity index is 1.63. The second kappa shape index (κ2) is 4.86. The van der Waals surface area contributed by atoms with E-state index in [1.54, 1.807) is 9.80 Å². The molecule has 1 aromatic rings. The number of rotatable bonds is 1. The molecule has 0 aromatic heterocycles. The first-order valence-corrected chi connectivity index (χ1v) is 7.96. The molecule has 21 heavy (non-hydrogen) atoms. The fraction of sp³-hybridized carbons (Fsp3) is 0.529. The van der Waals surface area contributed by atoms with Crippen LogP contribution in [0.15, 0.2) is 24.3 Å². The number of carbonyl (C=O) groups is 2. The van der Waals surface area contributed by atoms with Gasteiger partial charge in [0.1, 0.15) is 6.04 Å². The number of hydrogen-bond donors (Lipinski definition) is 0. The van der Waals surface area contributed by atoms with Gasteiger partial charge in [-0.2, -0.15) is 0 Å². The maximum atomic E-state index is 12.7. The molecule has 1 aromatic carbocycles. The summed E-state index contributed by atoms with van der Waals surface area (Å²) in [5, 5.41) is 0. The van der Waals surface area contributed by atoms with Gasteiger partial charge in [-0.1, -0.05) is 43.5 Å². The lowest BCUT2D eigenvalue weighted by Gasteiger charge is -2.30. The Morgan fingerprint density at radius 3 is 2.43 bits per heavy atom. The Morgan fingerprint density at radius 1 is 0.952 bits per heavy atom. The normalized spacial score (nSPS) is 26.0. The van der Waals surface area contributed by atoms with Crippen molar-refractivity contribution >= 4 is 11.9 Å². The van der Waals surface area contributed by atoms with Gasteiger partial charge in [-0.25, -0.2) is 4.79 Å². The van der Waals surface area contributed by atoms with Gasteiger partial charge in [0.2, 0.25) is 0 Å². The third kappa shape index (κ3) is 1.96. The van der Waals surface area contributed by atoms with Crippen molar-refractivity contribution in [3.05, 3.63) is 35.4 Å². The third-order valence-electron chi connectivity index (χ3n) is 5.16. The van der Waals surface area contributed by atoms with Crippen molar-refractivity contribution in [2.24, 2.45) is 0 Å². The summed E-state index contributed by atoms with van der Waals surface area (Å²) in [6, 6.07) is 7.95. The minimum absolute atomic E-state index is 0.0291. The van der Waals surface area contributed by atoms with Gasteiger partial charge in [0.15, 0.2) is 0 Å². The summed E-state index contributed by atoms with van der Waals surface area (Å²) < 4.78 is 0. The Hall–Kier alpha value is -1.84. The molecular weight excluding hydrogens is 264 g/mol. The average molecular weight is 284 g/mol. The first kappa shape index (κ1) is 12.9. The molecule has 1 saturated carbocycles. The van der Waals surface area contributed by atoms with E-state index in [2.05, 4.69) is 12.1 Å². The second-order valence-electron chi connectivity index (χ2n) is 6.40. The summed E-state index contributed by atoms with van der Waals surface area (Å²) in [6.07, 6.45) is 6.12. The van der Waals surface area contributed by atoms with Crippen molar-refractivity contribution in [3.63, 3.8) is 0 Å². The predicted molar refractivity (Wildman–Crippen MR) is 78.6 cm³/mol. The highest BCUT2D eigenvalue weighted by molar-refractivity contribution is 6.05. The van der Waals surface area contributed by atoms with E-state index in [-0.39, 0.29) is 24.0 Å². The van der Waals surface area contributed by atoms with Crippen molar-refractivity contribution in [2.75, 3.05) is 0 Å². The number of imide groups is 1. The number of urea groups is 1. The number of amides is 3. The second-order valence-corrected chi connectivity index (χ2v) is 6.40. The van der Waals surface area contributed by atoms with E-state index < -0.39 is 0 Å². The highest BCUT2D eigenvalue weighted by Gasteiger charge is 2.49. The minimum atomic E-state index is -0.269. The molecule has 0 N–H and O–H groups in total. The molecule has 1 aliphatic carbocycles. The summed E-state index contributed by atoms with van der Waals surface area (Å²) in [5.74, 6) is 0.0291. The van der Waals surface area contributed by atoms with Crippen molar-refractivity contribution in [2.45, 2.75) is 57.2 Å². The van der Waals surface area contributed by atoms with Crippen LogP contribution >= 0.6 is 0 Å². The molecule has 0 radical (unpaired) electrons. The lowest BCUT2D eigenvalue weighted by Crippen LogP contribution is -2.42. The van der Waals surface area contributed by atoms with Crippen LogP contribution in [0.3, 0.4) is 0 Å². The molecule has 0 bridgehead atoms. The van der Waals surface area contributed by atoms with E-state index in [1.165, 1.54) is 17.5 Å². The summed E-state index contributed by atoms with van der Waals surface area (Å²) in [4.78, 5) is 28.8. The number of carbonyl (C=O) groups excluding carboxylic acids is 2. The minimum Gasteiger partial charge on any atom is -0.308 e. The van der Waals surface area contributed by atoms with Gasteiger partial charge in [0.05, 0.1) is 0 Å². The van der Waals surface area contributed by atoms with Crippen LogP contribution in [-0.2, 0) is 17.8 Å². The van der Waals surface area contributed by atoms with Gasteiger partial charge < -0.3 is 4.90 Å². The summed E-state index contributed by atoms with van der Waals surface area (Å²) in [5.41, 5.74) is 2.39. The first-order valence-electron chi connectivity index (χ1n) is 7.96. The maximum absolute atomic E-state index is 12.7. The molecule has 2 fully saturated rings. The molecular formula is C17H20N2O2. The molecule has 3 amide bonds. The largest absolute Gasteiger partial charge is 0.328 e. The lowest BCUT2D eigenvalue weighted by molar-refractivity contribution is -0.130. The van der Waals surface area contributed by atoms with E-state index in [1.807, 2.05) is 12.1 Å². The molecule has 0 unspecified atom stereocenters. The van der Waals surface area contributed by atoms with Gasteiger partial charge >= 0.3 is 6.03 Å². The van der Waals surface area contributed by atoms with Crippen molar-refractivity contribution in [1.82, 2.24) is 9.80 Å². The van der Waals surface area contributed by atoms with Crippen LogP contribution < -0.4 is 0 Å². The van der Waals surface area contributed by atoms with Crippen LogP contribution in [0.4, 0.5) is 4.79 Å². The van der Waals surface area contributed by atoms with E-state index >= 15 is 0 Å². The summed E-state index contributed by atoms with van der Waals surface area (Å²) in [6.45, 7) is 0.578. The molecule has 1 saturated heterocycles. The molecule has 2 heterocycles. The van der Waals surface area contributed by atoms with E-state index in [0.717, 1.165) is 25.7 Å². The fourth-order valence-electron chi connectivity index (χ4n) is 4.01. The molecule has 3 aliphatic rings. The molecule has 110 valence electrons. The Kier molecular flexibility index (Phi) is 2.98. The highest BCUT2D eigenvalue weighted by atomic mass is 16.2. The predicted octanol–water partition coefficient (Wildman–Crippen LogP) is 2.71. The van der Waals surface area contributed by atoms with Crippen LogP contribution in [0.2, 0.25) is 0 Å². The molecule has 1 atom stereocenters. The zero-order valence-electron chi connectivity index (χ0n) is 12.1. The molecule has 0 spiro atoms. The fourth-order valence-corrected chi connectivity index (χ4v) is 4.01. The number of hydrogen-bond acceptors (Lipinski definition) is 2. The van der Waals surface area contributed by atoms with Crippen LogP contribution in [-0.4, -0.2) is 33.8 Å². The quantitative estimate of drug-likeness (QED) is 0.744. The Labute approximate surface area is 124 Å². The van der Waals surface area contributed by atoms with Crippen LogP contribution in [0.5, 0.6) is 0 Å². The average Bonchev–Trinajstić information content (AvgIpc) is 2.77. The van der Waals surface area contributed by atoms with E-state index in [9.17, 15) is 9.59 Å². The van der Waals surface area contributed by atoms with Crippen LogP contribution in [0, 0.1) is 0 Å². The summed E-state index contributed by atoms with van der Waals surface area (Å²) in [7, 11) is 0. The van der Waals surface area contributed by atoms with Crippen LogP contribution in [0.25, 0.3) is 0 Å². The lowest BCUT2D eigenvalue weighted by atomic mass is 9.93. The summed E-state index contributed by atoms with van der Waals surface area (Å²) >= 11 is 0. The van der Waals surface area contributed by atoms with Gasteiger partial charge in [0, 0.05) is 19.0 Å². The number of fused-ring (bicyclic) bond motifs is 2. The van der Waals surface area contributed by atoms with E-state index in [4.69, 9.17) is 0 Å². The zero-order valence-corrected chi connectivity index (χ0v) is 12.1. The van der Waals surface area contributed by atoms with E-state index in [0.29, 0.717) is 13.0 Å². The Morgan fingerprint density at radius 2 is 1.67 bits per heavy atom. The highest BCUT2D eigenvalue weighted by Crippen LogP contribution is 2.34. The van der Waals surface area contributed by atoms with Crippen molar-refractivity contribution in [1.29, 1.82) is 0 Å². The van der Waals surface area contributed by atoms with Gasteiger partial charge in [0.25, 0.3) is 5.91 Å². The maximum Gasteiger partial charge on any atom is 0.328 e. The number of nitrogens with zero attached hydrogens (tertiary/aromatic N) is 2. The molecule has 2 aliphatic heterocycles. The zero-order chi connectivity index (χ0) is 14.4. The molecule has 4 heteroatoms. The monoisotopic (exact) mass is 284 g/mol. The molecule has 4 rings (SSSR count). The number of benzene rings is 1. The Bertz CT molecular complexity index is 549. The van der Waals surface area contributed by atoms with Gasteiger partial charge in [-0.05, 0) is 24.0 Å². The SMILES string of the molecule is O=C1[C@@H]2Cc3ccccc3CN2C(=O)N1C1CCCCC1. The van der Waals surface area contributed by atoms with Crippen molar-refractivity contribution < 1.29 is 9.59 Å². The third-order valence-corrected chi connectivity index (χ3v) is 5.16. The van der Waals surface area contributed by atoms with Crippen LogP contribution in [0.1, 0.15) is 43.2 Å². The smallest absolute Gasteiger partial charge is 0.308 e. The van der Waals surface area contributed by atoms with Gasteiger partial charge in [-0.15, -0.1) is 0 Å². The first-order chi connectivity index (χ1) is 10.3.